The minimum Gasteiger partial charge on any atom is -0.460 e. The van der Waals surface area contributed by atoms with Gasteiger partial charge in [0.1, 0.15) is 16.8 Å². The van der Waals surface area contributed by atoms with Crippen molar-refractivity contribution in [3.63, 3.8) is 0 Å². The van der Waals surface area contributed by atoms with Gasteiger partial charge in [0.2, 0.25) is 11.9 Å². The highest BCUT2D eigenvalue weighted by Gasteiger charge is 2.37. The Hall–Kier alpha value is -2.93. The van der Waals surface area contributed by atoms with E-state index in [4.69, 9.17) is 18.9 Å². The predicted octanol–water partition coefficient (Wildman–Crippen LogP) is 6.81. The number of piperidine rings is 2. The number of carbonyl (C=O) groups excluding carboxylic acids is 4. The van der Waals surface area contributed by atoms with Crippen molar-refractivity contribution in [3.05, 3.63) is 0 Å². The molecule has 0 unspecified atom stereocenters. The molecule has 0 aromatic carbocycles. The number of esters is 1. The summed E-state index contributed by atoms with van der Waals surface area (Å²) < 4.78 is 22.8. The Bertz CT molecular complexity index is 1210. The van der Waals surface area contributed by atoms with Gasteiger partial charge in [-0.1, -0.05) is 19.3 Å². The molecule has 298 valence electrons. The number of amides is 3. The highest BCUT2D eigenvalue weighted by atomic mass is 16.6. The number of rotatable bonds is 10. The van der Waals surface area contributed by atoms with E-state index >= 15 is 0 Å². The van der Waals surface area contributed by atoms with Crippen molar-refractivity contribution in [3.8, 4) is 0 Å². The van der Waals surface area contributed by atoms with E-state index in [1.54, 1.807) is 41.5 Å². The SMILES string of the molecule is CN(C1CCCCC1)[C@@H](CCC(=O)OC(C)(C)C)C(=O)N1CCCC[C@H]1CCOC1CCN(/C(=N/C(=O)OC(C)(C)C)NC(=O)OC(C)(C)C)CC1. The zero-order valence-electron chi connectivity index (χ0n) is 33.9. The van der Waals surface area contributed by atoms with Crippen molar-refractivity contribution in [2.45, 2.75) is 187 Å². The van der Waals surface area contributed by atoms with Crippen LogP contribution in [0.25, 0.3) is 0 Å². The van der Waals surface area contributed by atoms with Crippen LogP contribution in [0.1, 0.15) is 146 Å². The Kier molecular flexibility index (Phi) is 16.2. The van der Waals surface area contributed by atoms with Crippen LogP contribution in [0, 0.1) is 0 Å². The first-order chi connectivity index (χ1) is 24.2. The predicted molar refractivity (Wildman–Crippen MR) is 201 cm³/mol. The fraction of sp³-hybridized carbons (Fsp3) is 0.872. The van der Waals surface area contributed by atoms with E-state index in [1.807, 2.05) is 25.7 Å². The maximum atomic E-state index is 14.4. The second kappa shape index (κ2) is 19.4. The summed E-state index contributed by atoms with van der Waals surface area (Å²) in [5.41, 5.74) is -2.01. The average Bonchev–Trinajstić information content (AvgIpc) is 3.02. The molecule has 0 radical (unpaired) electrons. The van der Waals surface area contributed by atoms with Gasteiger partial charge in [0.05, 0.1) is 12.1 Å². The summed E-state index contributed by atoms with van der Waals surface area (Å²) >= 11 is 0. The van der Waals surface area contributed by atoms with Crippen LogP contribution < -0.4 is 5.32 Å². The fourth-order valence-electron chi connectivity index (χ4n) is 7.22. The van der Waals surface area contributed by atoms with Gasteiger partial charge < -0.3 is 28.7 Å². The Labute approximate surface area is 312 Å². The standard InChI is InChI=1S/C39H69N5O8/c1-37(2,3)50-32(45)20-19-31(42(10)28-16-12-11-13-17-28)33(46)44-24-15-14-18-29(44)23-27-49-30-21-25-43(26-22-30)34(40-35(47)51-38(4,5)6)41-36(48)52-39(7,8)9/h28-31H,11-27H2,1-10H3,(H,40,41,47,48)/t29-,31-/m0/s1. The smallest absolute Gasteiger partial charge is 0.437 e. The second-order valence-corrected chi connectivity index (χ2v) is 17.7. The van der Waals surface area contributed by atoms with E-state index in [9.17, 15) is 19.2 Å². The molecular formula is C39H69N5O8. The highest BCUT2D eigenvalue weighted by molar-refractivity contribution is 5.99. The molecule has 2 saturated heterocycles. The zero-order chi connectivity index (χ0) is 38.7. The van der Waals surface area contributed by atoms with Crippen molar-refractivity contribution in [1.82, 2.24) is 20.0 Å². The summed E-state index contributed by atoms with van der Waals surface area (Å²) in [5.74, 6) is -0.0532. The number of likely N-dealkylation sites (N-methyl/N-ethyl adjacent to an activating group) is 1. The molecule has 13 heteroatoms. The minimum atomic E-state index is -0.791. The molecule has 0 aromatic heterocycles. The average molecular weight is 736 g/mol. The Balaban J connectivity index is 1.60. The van der Waals surface area contributed by atoms with Crippen LogP contribution in [0.4, 0.5) is 9.59 Å². The molecule has 13 nitrogen and oxygen atoms in total. The molecule has 52 heavy (non-hydrogen) atoms. The first-order valence-corrected chi connectivity index (χ1v) is 19.6. The van der Waals surface area contributed by atoms with E-state index in [-0.39, 0.29) is 42.4 Å². The number of carbonyl (C=O) groups is 4. The zero-order valence-corrected chi connectivity index (χ0v) is 33.9. The maximum Gasteiger partial charge on any atom is 0.437 e. The number of nitrogens with zero attached hydrogens (tertiary/aromatic N) is 4. The summed E-state index contributed by atoms with van der Waals surface area (Å²) in [6.07, 6.45) is 9.95. The van der Waals surface area contributed by atoms with Crippen molar-refractivity contribution in [2.24, 2.45) is 4.99 Å². The van der Waals surface area contributed by atoms with E-state index in [0.29, 0.717) is 51.5 Å². The molecule has 0 spiro atoms. The molecule has 3 amide bonds. The molecule has 3 aliphatic rings. The van der Waals surface area contributed by atoms with Gasteiger partial charge >= 0.3 is 18.2 Å². The van der Waals surface area contributed by atoms with Gasteiger partial charge in [0, 0.05) is 44.7 Å². The normalized spacial score (nSPS) is 20.8. The number of guanidine groups is 1. The molecule has 0 aromatic rings. The van der Waals surface area contributed by atoms with Gasteiger partial charge in [-0.25, -0.2) is 9.59 Å². The lowest BCUT2D eigenvalue weighted by atomic mass is 9.92. The van der Waals surface area contributed by atoms with Crippen molar-refractivity contribution in [1.29, 1.82) is 0 Å². The summed E-state index contributed by atoms with van der Waals surface area (Å²) in [6.45, 7) is 18.5. The lowest BCUT2D eigenvalue weighted by molar-refractivity contribution is -0.155. The van der Waals surface area contributed by atoms with Crippen molar-refractivity contribution < 1.29 is 38.1 Å². The summed E-state index contributed by atoms with van der Waals surface area (Å²) in [6, 6.07) is 0.0517. The molecular weight excluding hydrogens is 666 g/mol. The van der Waals surface area contributed by atoms with Crippen LogP contribution in [0.2, 0.25) is 0 Å². The molecule has 2 heterocycles. The summed E-state index contributed by atoms with van der Waals surface area (Å²) in [4.78, 5) is 62.5. The maximum absolute atomic E-state index is 14.4. The Morgan fingerprint density at radius 2 is 1.37 bits per heavy atom. The van der Waals surface area contributed by atoms with Crippen molar-refractivity contribution >= 4 is 30.0 Å². The summed E-state index contributed by atoms with van der Waals surface area (Å²) in [7, 11) is 2.06. The number of aliphatic imine (C=N–C) groups is 1. The molecule has 1 aliphatic carbocycles. The number of hydrogen-bond donors (Lipinski definition) is 1. The van der Waals surface area contributed by atoms with Crippen molar-refractivity contribution in [2.75, 3.05) is 33.3 Å². The molecule has 0 bridgehead atoms. The van der Waals surface area contributed by atoms with Gasteiger partial charge in [-0.05, 0) is 127 Å². The monoisotopic (exact) mass is 736 g/mol. The van der Waals surface area contributed by atoms with Crippen LogP contribution >= 0.6 is 0 Å². The number of ether oxygens (including phenoxy) is 4. The third-order valence-electron chi connectivity index (χ3n) is 9.63. The van der Waals surface area contributed by atoms with Crippen LogP contribution in [0.15, 0.2) is 4.99 Å². The molecule has 3 fully saturated rings. The van der Waals surface area contributed by atoms with Gasteiger partial charge in [0.25, 0.3) is 0 Å². The topological polar surface area (TPSA) is 139 Å². The molecule has 3 rings (SSSR count). The quantitative estimate of drug-likeness (QED) is 0.110. The van der Waals surface area contributed by atoms with Crippen LogP contribution in [-0.2, 0) is 28.5 Å². The number of hydrogen-bond acceptors (Lipinski definition) is 9. The van der Waals surface area contributed by atoms with Crippen LogP contribution in [0.5, 0.6) is 0 Å². The first-order valence-electron chi connectivity index (χ1n) is 19.6. The first kappa shape index (κ1) is 43.5. The largest absolute Gasteiger partial charge is 0.460 e. The van der Waals surface area contributed by atoms with Gasteiger partial charge in [0.15, 0.2) is 0 Å². The minimum absolute atomic E-state index is 0.00712. The van der Waals surface area contributed by atoms with Gasteiger partial charge in [-0.3, -0.25) is 19.8 Å². The summed E-state index contributed by atoms with van der Waals surface area (Å²) in [5, 5.41) is 2.65. The van der Waals surface area contributed by atoms with E-state index in [1.165, 1.54) is 19.3 Å². The lowest BCUT2D eigenvalue weighted by Gasteiger charge is -2.42. The van der Waals surface area contributed by atoms with Crippen LogP contribution in [0.3, 0.4) is 0 Å². The molecule has 2 aliphatic heterocycles. The Morgan fingerprint density at radius 3 is 1.96 bits per heavy atom. The molecule has 1 saturated carbocycles. The Morgan fingerprint density at radius 1 is 0.769 bits per heavy atom. The third-order valence-corrected chi connectivity index (χ3v) is 9.63. The number of likely N-dealkylation sites (tertiary alicyclic amines) is 2. The number of nitrogens with one attached hydrogen (secondary N) is 1. The van der Waals surface area contributed by atoms with E-state index in [2.05, 4.69) is 27.2 Å². The molecule has 1 N–H and O–H groups in total. The molecule has 2 atom stereocenters. The second-order valence-electron chi connectivity index (χ2n) is 17.7. The van der Waals surface area contributed by atoms with E-state index < -0.39 is 29.0 Å². The fourth-order valence-corrected chi connectivity index (χ4v) is 7.22. The van der Waals surface area contributed by atoms with Gasteiger partial charge in [-0.15, -0.1) is 4.99 Å². The van der Waals surface area contributed by atoms with E-state index in [0.717, 1.165) is 38.5 Å². The van der Waals surface area contributed by atoms with Gasteiger partial charge in [-0.2, -0.15) is 0 Å². The third kappa shape index (κ3) is 15.6. The lowest BCUT2D eigenvalue weighted by Crippen LogP contribution is -2.55. The number of alkyl carbamates (subject to hydrolysis) is 1. The highest BCUT2D eigenvalue weighted by Crippen LogP contribution is 2.28. The van der Waals surface area contributed by atoms with Crippen LogP contribution in [-0.4, -0.2) is 119 Å².